The van der Waals surface area contributed by atoms with Gasteiger partial charge in [0.05, 0.1) is 17.1 Å². The Balaban J connectivity index is 2.13. The predicted molar refractivity (Wildman–Crippen MR) is 79.1 cm³/mol. The van der Waals surface area contributed by atoms with Crippen molar-refractivity contribution in [2.45, 2.75) is 58.3 Å². The first-order valence-corrected chi connectivity index (χ1v) is 7.19. The van der Waals surface area contributed by atoms with Crippen LogP contribution in [0.25, 0.3) is 0 Å². The van der Waals surface area contributed by atoms with Gasteiger partial charge in [0.2, 0.25) is 0 Å². The lowest BCUT2D eigenvalue weighted by Gasteiger charge is -2.33. The minimum atomic E-state index is -0.306. The van der Waals surface area contributed by atoms with Crippen LogP contribution < -0.4 is 5.32 Å². The molecule has 0 aromatic heterocycles. The third-order valence-corrected chi connectivity index (χ3v) is 3.73. The summed E-state index contributed by atoms with van der Waals surface area (Å²) in [6, 6.07) is 5.72. The van der Waals surface area contributed by atoms with Gasteiger partial charge in [-0.3, -0.25) is 10.1 Å². The zero-order valence-corrected chi connectivity index (χ0v) is 12.3. The molecule has 0 spiro atoms. The van der Waals surface area contributed by atoms with Crippen LogP contribution in [0.15, 0.2) is 18.2 Å². The maximum atomic E-state index is 11.1. The van der Waals surface area contributed by atoms with Crippen LogP contribution in [0.5, 0.6) is 0 Å². The molecule has 1 saturated heterocycles. The predicted octanol–water partition coefficient (Wildman–Crippen LogP) is 3.53. The lowest BCUT2D eigenvalue weighted by atomic mass is 9.99. The fourth-order valence-electron chi connectivity index (χ4n) is 2.88. The van der Waals surface area contributed by atoms with E-state index < -0.39 is 0 Å². The minimum absolute atomic E-state index is 0.200. The lowest BCUT2D eigenvalue weighted by Crippen LogP contribution is -2.36. The number of hydrogen-bond donors (Lipinski definition) is 1. The molecule has 2 unspecified atom stereocenters. The maximum absolute atomic E-state index is 11.1. The second-order valence-corrected chi connectivity index (χ2v) is 5.52. The van der Waals surface area contributed by atoms with Crippen LogP contribution in [0, 0.1) is 10.1 Å². The van der Waals surface area contributed by atoms with Gasteiger partial charge in [0, 0.05) is 23.4 Å². The summed E-state index contributed by atoms with van der Waals surface area (Å²) in [5, 5.41) is 14.5. The average molecular weight is 278 g/mol. The van der Waals surface area contributed by atoms with Gasteiger partial charge in [-0.25, -0.2) is 0 Å². The van der Waals surface area contributed by atoms with E-state index >= 15 is 0 Å². The Hall–Kier alpha value is -1.62. The zero-order valence-electron chi connectivity index (χ0n) is 12.3. The largest absolute Gasteiger partial charge is 0.382 e. The van der Waals surface area contributed by atoms with Gasteiger partial charge in [0.1, 0.15) is 0 Å². The van der Waals surface area contributed by atoms with Gasteiger partial charge in [-0.2, -0.15) is 0 Å². The first-order valence-electron chi connectivity index (χ1n) is 7.19. The Morgan fingerprint density at radius 1 is 1.35 bits per heavy atom. The smallest absolute Gasteiger partial charge is 0.274 e. The first-order chi connectivity index (χ1) is 9.49. The van der Waals surface area contributed by atoms with E-state index in [0.29, 0.717) is 12.5 Å². The lowest BCUT2D eigenvalue weighted by molar-refractivity contribution is -0.385. The number of rotatable bonds is 4. The van der Waals surface area contributed by atoms with Crippen molar-refractivity contribution in [3.05, 3.63) is 33.9 Å². The Morgan fingerprint density at radius 3 is 2.55 bits per heavy atom. The molecular formula is C15H22N2O3. The molecule has 5 nitrogen and oxygen atoms in total. The second-order valence-electron chi connectivity index (χ2n) is 5.52. The molecule has 0 bridgehead atoms. The topological polar surface area (TPSA) is 64.4 Å². The number of ether oxygens (including phenoxy) is 1. The molecule has 2 atom stereocenters. The molecule has 0 saturated carbocycles. The maximum Gasteiger partial charge on any atom is 0.274 e. The van der Waals surface area contributed by atoms with Crippen molar-refractivity contribution in [2.75, 3.05) is 5.32 Å². The molecule has 0 aliphatic carbocycles. The van der Waals surface area contributed by atoms with Crippen molar-refractivity contribution in [3.8, 4) is 0 Å². The summed E-state index contributed by atoms with van der Waals surface area (Å²) in [7, 11) is 0. The Labute approximate surface area is 119 Å². The molecule has 1 aromatic carbocycles. The highest BCUT2D eigenvalue weighted by molar-refractivity contribution is 5.55. The second kappa shape index (κ2) is 6.22. The normalized spacial score (nSPS) is 26.2. The SMILES string of the molecule is CCc1ccc(NC2CC(C)OC(C)C2)cc1[N+](=O)[O-]. The zero-order chi connectivity index (χ0) is 14.7. The minimum Gasteiger partial charge on any atom is -0.382 e. The summed E-state index contributed by atoms with van der Waals surface area (Å²) in [5.74, 6) is 0. The number of nitro benzene ring substituents is 1. The molecule has 1 fully saturated rings. The van der Waals surface area contributed by atoms with Crippen molar-refractivity contribution in [2.24, 2.45) is 0 Å². The average Bonchev–Trinajstić information content (AvgIpc) is 2.37. The number of nitrogens with zero attached hydrogens (tertiary/aromatic N) is 1. The van der Waals surface area contributed by atoms with Crippen molar-refractivity contribution in [1.82, 2.24) is 0 Å². The summed E-state index contributed by atoms with van der Waals surface area (Å²) < 4.78 is 5.70. The molecule has 5 heteroatoms. The monoisotopic (exact) mass is 278 g/mol. The quantitative estimate of drug-likeness (QED) is 0.676. The van der Waals surface area contributed by atoms with E-state index in [0.717, 1.165) is 24.1 Å². The molecule has 0 radical (unpaired) electrons. The standard InChI is InChI=1S/C15H22N2O3/c1-4-12-5-6-13(9-15(12)17(18)19)16-14-7-10(2)20-11(3)8-14/h5-6,9-11,14,16H,4,7-8H2,1-3H3. The third kappa shape index (κ3) is 3.48. The van der Waals surface area contributed by atoms with Crippen molar-refractivity contribution in [1.29, 1.82) is 0 Å². The summed E-state index contributed by atoms with van der Waals surface area (Å²) in [4.78, 5) is 10.8. The van der Waals surface area contributed by atoms with Gasteiger partial charge in [0.15, 0.2) is 0 Å². The summed E-state index contributed by atoms with van der Waals surface area (Å²) in [5.41, 5.74) is 1.79. The number of nitro groups is 1. The van der Waals surface area contributed by atoms with Crippen LogP contribution in [0.3, 0.4) is 0 Å². The molecular weight excluding hydrogens is 256 g/mol. The van der Waals surface area contributed by atoms with Crippen molar-refractivity contribution >= 4 is 11.4 Å². The third-order valence-electron chi connectivity index (χ3n) is 3.73. The van der Waals surface area contributed by atoms with Gasteiger partial charge >= 0.3 is 0 Å². The van der Waals surface area contributed by atoms with E-state index in [9.17, 15) is 10.1 Å². The van der Waals surface area contributed by atoms with Crippen LogP contribution in [-0.4, -0.2) is 23.2 Å². The van der Waals surface area contributed by atoms with Gasteiger partial charge < -0.3 is 10.1 Å². The van der Waals surface area contributed by atoms with E-state index in [1.165, 1.54) is 0 Å². The Morgan fingerprint density at radius 2 is 2.00 bits per heavy atom. The Bertz CT molecular complexity index is 480. The van der Waals surface area contributed by atoms with E-state index in [4.69, 9.17) is 4.74 Å². The van der Waals surface area contributed by atoms with Crippen LogP contribution in [0.2, 0.25) is 0 Å². The first kappa shape index (κ1) is 14.8. The molecule has 1 aliphatic heterocycles. The van der Waals surface area contributed by atoms with Crippen molar-refractivity contribution < 1.29 is 9.66 Å². The van der Waals surface area contributed by atoms with Gasteiger partial charge in [-0.1, -0.05) is 13.0 Å². The molecule has 2 rings (SSSR count). The van der Waals surface area contributed by atoms with Crippen molar-refractivity contribution in [3.63, 3.8) is 0 Å². The molecule has 110 valence electrons. The van der Waals surface area contributed by atoms with Gasteiger partial charge in [-0.05, 0) is 39.2 Å². The van der Waals surface area contributed by atoms with E-state index in [-0.39, 0.29) is 22.8 Å². The molecule has 20 heavy (non-hydrogen) atoms. The van der Waals surface area contributed by atoms with Crippen LogP contribution in [0.1, 0.15) is 39.2 Å². The molecule has 0 amide bonds. The van der Waals surface area contributed by atoms with E-state index in [1.54, 1.807) is 6.07 Å². The number of anilines is 1. The molecule has 1 N–H and O–H groups in total. The number of aryl methyl sites for hydroxylation is 1. The number of hydrogen-bond acceptors (Lipinski definition) is 4. The Kier molecular flexibility index (Phi) is 4.60. The van der Waals surface area contributed by atoms with E-state index in [1.807, 2.05) is 19.1 Å². The van der Waals surface area contributed by atoms with Crippen LogP contribution >= 0.6 is 0 Å². The highest BCUT2D eigenvalue weighted by atomic mass is 16.6. The van der Waals surface area contributed by atoms with E-state index in [2.05, 4.69) is 19.2 Å². The van der Waals surface area contributed by atoms with Gasteiger partial charge in [-0.15, -0.1) is 0 Å². The summed E-state index contributed by atoms with van der Waals surface area (Å²) in [6.45, 7) is 6.05. The fraction of sp³-hybridized carbons (Fsp3) is 0.600. The summed E-state index contributed by atoms with van der Waals surface area (Å²) >= 11 is 0. The number of benzene rings is 1. The highest BCUT2D eigenvalue weighted by Gasteiger charge is 2.24. The summed E-state index contributed by atoms with van der Waals surface area (Å²) in [6.07, 6.45) is 2.96. The highest BCUT2D eigenvalue weighted by Crippen LogP contribution is 2.27. The number of nitrogens with one attached hydrogen (secondary N) is 1. The molecule has 1 heterocycles. The van der Waals surface area contributed by atoms with Crippen LogP contribution in [-0.2, 0) is 11.2 Å². The van der Waals surface area contributed by atoms with Gasteiger partial charge in [0.25, 0.3) is 5.69 Å². The molecule has 1 aliphatic rings. The fourth-order valence-corrected chi connectivity index (χ4v) is 2.88. The van der Waals surface area contributed by atoms with Crippen LogP contribution in [0.4, 0.5) is 11.4 Å². The molecule has 1 aromatic rings.